The summed E-state index contributed by atoms with van der Waals surface area (Å²) in [7, 11) is 0. The number of carbonyl (C=O) groups excluding carboxylic acids is 3. The fraction of sp³-hybridized carbons (Fsp3) is 0.469. The number of thiol groups is 1. The largest absolute Gasteiger partial charge is 0.345 e. The molecule has 3 N–H and O–H groups in total. The second kappa shape index (κ2) is 33.5. The molecule has 0 aliphatic carbocycles. The van der Waals surface area contributed by atoms with Crippen LogP contribution in [0.3, 0.4) is 0 Å². The summed E-state index contributed by atoms with van der Waals surface area (Å²) in [4.78, 5) is 37.9. The molecule has 1 atom stereocenters. The van der Waals surface area contributed by atoms with Crippen LogP contribution in [0.25, 0.3) is 0 Å². The lowest BCUT2D eigenvalue weighted by atomic mass is 10.1. The normalized spacial score (nSPS) is 11.5. The van der Waals surface area contributed by atoms with E-state index in [4.69, 9.17) is 5.26 Å². The third-order valence-electron chi connectivity index (χ3n) is 4.70. The fourth-order valence-electron chi connectivity index (χ4n) is 2.87. The number of amides is 1. The van der Waals surface area contributed by atoms with Crippen LogP contribution in [0.4, 0.5) is 0 Å². The number of carbonyl (C=O) groups is 3. The van der Waals surface area contributed by atoms with Crippen molar-refractivity contribution in [3.05, 3.63) is 0 Å². The van der Waals surface area contributed by atoms with Gasteiger partial charge in [0.25, 0.3) is 0 Å². The molecule has 0 aromatic heterocycles. The lowest BCUT2D eigenvalue weighted by Crippen LogP contribution is -2.38. The van der Waals surface area contributed by atoms with Crippen LogP contribution in [-0.4, -0.2) is 33.9 Å². The van der Waals surface area contributed by atoms with Gasteiger partial charge in [-0.25, -0.2) is 9.54 Å². The first kappa shape index (κ1) is 40.4. The van der Waals surface area contributed by atoms with Crippen LogP contribution >= 0.6 is 24.7 Å². The number of hydrogen-bond donors (Lipinski definition) is 4. The third kappa shape index (κ3) is 30.8. The van der Waals surface area contributed by atoms with E-state index in [1.54, 1.807) is 13.8 Å². The van der Waals surface area contributed by atoms with Crippen molar-refractivity contribution in [1.82, 2.24) is 11.0 Å². The van der Waals surface area contributed by atoms with Gasteiger partial charge in [-0.3, -0.25) is 14.4 Å². The van der Waals surface area contributed by atoms with Gasteiger partial charge < -0.3 is 5.32 Å². The highest BCUT2D eigenvalue weighted by molar-refractivity contribution is 8.14. The van der Waals surface area contributed by atoms with E-state index in [9.17, 15) is 14.4 Å². The molecule has 1 fully saturated rings. The van der Waals surface area contributed by atoms with E-state index in [0.717, 1.165) is 18.6 Å². The Morgan fingerprint density at radius 1 is 0.881 bits per heavy atom. The third-order valence-corrected chi connectivity index (χ3v) is 5.78. The van der Waals surface area contributed by atoms with Crippen LogP contribution in [0.15, 0.2) is 0 Å². The number of ketones is 1. The molecule has 1 heterocycles. The molecule has 242 valence electrons. The Bertz CT molecular complexity index is 1240. The summed E-state index contributed by atoms with van der Waals surface area (Å²) in [5.74, 6) is 36.0. The van der Waals surface area contributed by atoms with Crippen LogP contribution in [0.5, 0.6) is 0 Å². The highest BCUT2D eigenvalue weighted by Crippen LogP contribution is 2.19. The summed E-state index contributed by atoms with van der Waals surface area (Å²) < 4.78 is 3.66. The Kier molecular flexibility index (Phi) is 32.2. The quantitative estimate of drug-likeness (QED) is 0.0348. The van der Waals surface area contributed by atoms with E-state index >= 15 is 0 Å². The summed E-state index contributed by atoms with van der Waals surface area (Å²) in [5, 5.41) is 9.95. The first-order valence-electron chi connectivity index (χ1n) is 13.1. The van der Waals surface area contributed by atoms with Crippen molar-refractivity contribution in [2.75, 3.05) is 5.75 Å². The standard InChI is InChI=1S/C16H27NO3S.C16H6.H3NO3S.10H2/c1-2-3-4-5-6-7-8-9-13(18)12-15(19)17-14-10-11-21-16(14)20;1-3-5-7-9-11-13-15-16-14-12-10-8-6-4-2;2-3-1-4-5;;;;;;;;;;/h14H,2-12H2,1H3,(H,17,19);1-2H3;1-2,5H;10*1H. The van der Waals surface area contributed by atoms with Crippen molar-refractivity contribution in [2.24, 2.45) is 0 Å². The van der Waals surface area contributed by atoms with Gasteiger partial charge in [0.1, 0.15) is 5.78 Å². The van der Waals surface area contributed by atoms with Gasteiger partial charge in [-0.15, -0.1) is 4.99 Å². The van der Waals surface area contributed by atoms with Crippen molar-refractivity contribution < 1.29 is 43.2 Å². The lowest BCUT2D eigenvalue weighted by Gasteiger charge is -2.09. The lowest BCUT2D eigenvalue weighted by molar-refractivity contribution is -0.343. The highest BCUT2D eigenvalue weighted by atomic mass is 32.2. The zero-order chi connectivity index (χ0) is 31.5. The van der Waals surface area contributed by atoms with Gasteiger partial charge in [-0.05, 0) is 103 Å². The molecular weight excluding hydrogens is 572 g/mol. The molecule has 0 aromatic rings. The maximum Gasteiger partial charge on any atom is 0.228 e. The average molecular weight is 629 g/mol. The summed E-state index contributed by atoms with van der Waals surface area (Å²) in [6, 6.07) is -0.381. The Morgan fingerprint density at radius 2 is 1.36 bits per heavy atom. The Morgan fingerprint density at radius 3 is 1.74 bits per heavy atom. The summed E-state index contributed by atoms with van der Waals surface area (Å²) >= 11 is 4.36. The molecule has 1 unspecified atom stereocenters. The zero-order valence-electron chi connectivity index (χ0n) is 24.2. The molecule has 0 spiro atoms. The molecule has 0 radical (unpaired) electrons. The molecule has 10 heteroatoms. The topological polar surface area (TPSA) is 114 Å². The van der Waals surface area contributed by atoms with E-state index < -0.39 is 0 Å². The molecule has 0 aromatic carbocycles. The summed E-state index contributed by atoms with van der Waals surface area (Å²) in [5.41, 5.74) is 1.53. The van der Waals surface area contributed by atoms with E-state index in [2.05, 4.69) is 117 Å². The maximum absolute atomic E-state index is 11.7. The van der Waals surface area contributed by atoms with E-state index in [1.165, 1.54) is 49.5 Å². The smallest absolute Gasteiger partial charge is 0.228 e. The van der Waals surface area contributed by atoms with E-state index in [-0.39, 0.29) is 43.5 Å². The predicted octanol–water partition coefficient (Wildman–Crippen LogP) is 6.50. The first-order chi connectivity index (χ1) is 20.5. The average Bonchev–Trinajstić information content (AvgIpc) is 3.38. The molecular formula is C32H56N2O6S2. The van der Waals surface area contributed by atoms with Gasteiger partial charge in [-0.1, -0.05) is 69.1 Å². The highest BCUT2D eigenvalue weighted by Gasteiger charge is 2.27. The minimum absolute atomic E-state index is 0. The monoisotopic (exact) mass is 628 g/mol. The maximum atomic E-state index is 11.7. The number of nitrogens with one attached hydrogen (secondary N) is 2. The Hall–Kier alpha value is -3.73. The van der Waals surface area contributed by atoms with Gasteiger partial charge in [0.15, 0.2) is 0 Å². The number of Topliss-reactive ketones (excluding diaryl/α,β-unsaturated/α-hetero) is 1. The van der Waals surface area contributed by atoms with Crippen molar-refractivity contribution >= 4 is 41.5 Å². The first-order valence-corrected chi connectivity index (χ1v) is 14.5. The SMILES string of the molecule is CC#CC#CC#CC#CC#CC#CC#CC.CCCCCCCCCC(=O)CC(=O)NC1CCSC1=O.OONOS.[HH].[HH].[HH].[HH].[HH].[HH].[HH].[HH].[HH].[HH]. The van der Waals surface area contributed by atoms with Crippen LogP contribution in [0, 0.1) is 82.9 Å². The molecule has 1 aliphatic rings. The molecule has 0 bridgehead atoms. The Balaban J connectivity index is -0.0000000472. The summed E-state index contributed by atoms with van der Waals surface area (Å²) in [6.45, 7) is 5.62. The molecule has 0 saturated carbocycles. The van der Waals surface area contributed by atoms with Crippen molar-refractivity contribution in [3.63, 3.8) is 0 Å². The molecule has 1 saturated heterocycles. The number of thioether (sulfide) groups is 1. The van der Waals surface area contributed by atoms with Crippen LogP contribution in [-0.2, 0) is 23.7 Å². The Labute approximate surface area is 275 Å². The van der Waals surface area contributed by atoms with Crippen molar-refractivity contribution in [3.8, 4) is 82.9 Å². The van der Waals surface area contributed by atoms with Gasteiger partial charge in [0.05, 0.1) is 12.5 Å². The molecule has 1 rings (SSSR count). The number of rotatable bonds is 13. The summed E-state index contributed by atoms with van der Waals surface area (Å²) in [6.07, 6.45) is 9.25. The van der Waals surface area contributed by atoms with Crippen LogP contribution in [0.2, 0.25) is 0 Å². The predicted molar refractivity (Wildman–Crippen MR) is 190 cm³/mol. The molecule has 42 heavy (non-hydrogen) atoms. The van der Waals surface area contributed by atoms with Gasteiger partial charge in [0, 0.05) is 39.3 Å². The second-order valence-electron chi connectivity index (χ2n) is 7.93. The van der Waals surface area contributed by atoms with Crippen LogP contribution < -0.4 is 11.0 Å². The zero-order valence-corrected chi connectivity index (χ0v) is 25.9. The number of hydrogen-bond acceptors (Lipinski definition) is 9. The molecule has 8 nitrogen and oxygen atoms in total. The fourth-order valence-corrected chi connectivity index (χ4v) is 3.84. The minimum atomic E-state index is -0.381. The van der Waals surface area contributed by atoms with Gasteiger partial charge in [0.2, 0.25) is 11.0 Å². The molecule has 1 aliphatic heterocycles. The van der Waals surface area contributed by atoms with Gasteiger partial charge >= 0.3 is 0 Å². The van der Waals surface area contributed by atoms with Crippen molar-refractivity contribution in [2.45, 2.75) is 91.0 Å². The van der Waals surface area contributed by atoms with E-state index in [0.29, 0.717) is 12.8 Å². The number of unbranched alkanes of at least 4 members (excludes halogenated alkanes) is 6. The van der Waals surface area contributed by atoms with Crippen molar-refractivity contribution in [1.29, 1.82) is 0 Å². The second-order valence-corrected chi connectivity index (χ2v) is 9.21. The van der Waals surface area contributed by atoms with E-state index in [1.807, 2.05) is 0 Å². The molecule has 1 amide bonds. The van der Waals surface area contributed by atoms with Crippen LogP contribution in [0.1, 0.15) is 99.2 Å². The van der Waals surface area contributed by atoms with Gasteiger partial charge in [-0.2, -0.15) is 0 Å². The minimum Gasteiger partial charge on any atom is -0.345 e.